The number of hydrogen-bond acceptors (Lipinski definition) is 3. The van der Waals surface area contributed by atoms with Gasteiger partial charge in [-0.05, 0) is 12.8 Å². The lowest BCUT2D eigenvalue weighted by atomic mass is 9.96. The van der Waals surface area contributed by atoms with E-state index in [2.05, 4.69) is 0 Å². The minimum Gasteiger partial charge on any atom is -0.462 e. The van der Waals surface area contributed by atoms with E-state index in [1.807, 2.05) is 0 Å². The summed E-state index contributed by atoms with van der Waals surface area (Å²) in [4.78, 5) is 21.3. The van der Waals surface area contributed by atoms with Crippen LogP contribution in [0.25, 0.3) is 0 Å². The van der Waals surface area contributed by atoms with Gasteiger partial charge in [0, 0.05) is 0 Å². The van der Waals surface area contributed by atoms with Gasteiger partial charge in [-0.25, -0.2) is 9.90 Å². The maximum atomic E-state index is 10.8. The summed E-state index contributed by atoms with van der Waals surface area (Å²) in [6, 6.07) is 0. The van der Waals surface area contributed by atoms with Gasteiger partial charge in [-0.3, -0.25) is 4.79 Å². The summed E-state index contributed by atoms with van der Waals surface area (Å²) in [5, 5.41) is 10.4. The molecule has 11 heavy (non-hydrogen) atoms. The Kier molecular flexibility index (Phi) is 1.19. The van der Waals surface area contributed by atoms with Gasteiger partial charge >= 0.3 is 11.9 Å². The second kappa shape index (κ2) is 1.96. The molecule has 59 valence electrons. The molecule has 2 bridgehead atoms. The molecular formula is C7H7O4. The molecule has 1 saturated heterocycles. The van der Waals surface area contributed by atoms with Crippen LogP contribution in [-0.4, -0.2) is 18.0 Å². The molecule has 2 aliphatic rings. The molecule has 1 radical (unpaired) electrons. The molecule has 1 saturated carbocycles. The van der Waals surface area contributed by atoms with Crippen LogP contribution in [0.1, 0.15) is 12.8 Å². The molecule has 0 aromatic rings. The first-order valence-electron chi connectivity index (χ1n) is 3.60. The van der Waals surface area contributed by atoms with E-state index in [-0.39, 0.29) is 12.1 Å². The van der Waals surface area contributed by atoms with Crippen molar-refractivity contribution in [1.82, 2.24) is 0 Å². The molecule has 0 spiro atoms. The monoisotopic (exact) mass is 155 g/mol. The summed E-state index contributed by atoms with van der Waals surface area (Å²) in [7, 11) is 0. The van der Waals surface area contributed by atoms with E-state index in [1.54, 1.807) is 0 Å². The second-order valence-electron chi connectivity index (χ2n) is 3.06. The molecule has 1 aliphatic heterocycles. The van der Waals surface area contributed by atoms with Crippen molar-refractivity contribution in [3.8, 4) is 0 Å². The Morgan fingerprint density at radius 2 is 2.18 bits per heavy atom. The largest absolute Gasteiger partial charge is 0.462 e. The van der Waals surface area contributed by atoms with Crippen molar-refractivity contribution < 1.29 is 19.4 Å². The average Bonchev–Trinajstić information content (AvgIpc) is 2.43. The quantitative estimate of drug-likeness (QED) is 0.496. The van der Waals surface area contributed by atoms with Crippen LogP contribution in [0, 0.1) is 11.8 Å². The van der Waals surface area contributed by atoms with Gasteiger partial charge in [-0.15, -0.1) is 0 Å². The molecule has 4 heteroatoms. The van der Waals surface area contributed by atoms with Crippen LogP contribution in [0.15, 0.2) is 0 Å². The molecule has 0 N–H and O–H groups in total. The van der Waals surface area contributed by atoms with E-state index < -0.39 is 17.8 Å². The van der Waals surface area contributed by atoms with Crippen LogP contribution in [-0.2, 0) is 19.4 Å². The van der Waals surface area contributed by atoms with Gasteiger partial charge in [0.25, 0.3) is 0 Å². The molecule has 4 nitrogen and oxygen atoms in total. The molecule has 3 unspecified atom stereocenters. The van der Waals surface area contributed by atoms with Crippen LogP contribution < -0.4 is 0 Å². The molecule has 1 heterocycles. The summed E-state index contributed by atoms with van der Waals surface area (Å²) in [5.74, 6) is -2.50. The number of carbonyl (C=O) groups is 2. The van der Waals surface area contributed by atoms with Crippen LogP contribution in [0.3, 0.4) is 0 Å². The number of carbonyl (C=O) groups excluding carboxylic acids is 2. The van der Waals surface area contributed by atoms with Crippen LogP contribution in [0.2, 0.25) is 0 Å². The van der Waals surface area contributed by atoms with Gasteiger partial charge in [0.05, 0.1) is 11.8 Å². The lowest BCUT2D eigenvalue weighted by Crippen LogP contribution is -2.28. The van der Waals surface area contributed by atoms with Crippen molar-refractivity contribution >= 4 is 11.9 Å². The Balaban J connectivity index is 2.18. The Bertz CT molecular complexity index is 222. The third-order valence-electron chi connectivity index (χ3n) is 2.41. The van der Waals surface area contributed by atoms with Crippen molar-refractivity contribution in [2.24, 2.45) is 11.8 Å². The minimum atomic E-state index is -1.12. The molecule has 2 rings (SSSR count). The first-order chi connectivity index (χ1) is 5.18. The van der Waals surface area contributed by atoms with Crippen molar-refractivity contribution in [3.05, 3.63) is 0 Å². The topological polar surface area (TPSA) is 63.3 Å². The number of hydrogen-bond donors (Lipinski definition) is 0. The average molecular weight is 155 g/mol. The van der Waals surface area contributed by atoms with Crippen molar-refractivity contribution in [2.75, 3.05) is 0 Å². The predicted molar refractivity (Wildman–Crippen MR) is 31.8 cm³/mol. The fourth-order valence-electron chi connectivity index (χ4n) is 1.86. The number of rotatable bonds is 1. The predicted octanol–water partition coefficient (Wildman–Crippen LogP) is -0.105. The zero-order valence-electron chi connectivity index (χ0n) is 5.78. The first-order valence-corrected chi connectivity index (χ1v) is 3.60. The number of ether oxygens (including phenoxy) is 1. The maximum Gasteiger partial charge on any atom is 0.359 e. The molecule has 0 amide bonds. The molecule has 0 aromatic heterocycles. The molecule has 0 aromatic carbocycles. The fraction of sp³-hybridized carbons (Fsp3) is 0.714. The highest BCUT2D eigenvalue weighted by atomic mass is 16.6. The zero-order valence-corrected chi connectivity index (χ0v) is 5.78. The molecular weight excluding hydrogens is 148 g/mol. The van der Waals surface area contributed by atoms with Gasteiger partial charge < -0.3 is 4.74 Å². The second-order valence-corrected chi connectivity index (χ2v) is 3.06. The van der Waals surface area contributed by atoms with Gasteiger partial charge in [-0.1, -0.05) is 0 Å². The Hall–Kier alpha value is -1.06. The number of fused-ring (bicyclic) bond motifs is 2. The lowest BCUT2D eigenvalue weighted by molar-refractivity contribution is -0.162. The lowest BCUT2D eigenvalue weighted by Gasteiger charge is -2.15. The van der Waals surface area contributed by atoms with E-state index in [9.17, 15) is 14.7 Å². The molecule has 2 fully saturated rings. The van der Waals surface area contributed by atoms with Crippen molar-refractivity contribution in [3.63, 3.8) is 0 Å². The highest BCUT2D eigenvalue weighted by Crippen LogP contribution is 2.41. The maximum absolute atomic E-state index is 10.8. The van der Waals surface area contributed by atoms with E-state index in [0.717, 1.165) is 0 Å². The number of esters is 1. The van der Waals surface area contributed by atoms with Gasteiger partial charge in [0.15, 0.2) is 0 Å². The summed E-state index contributed by atoms with van der Waals surface area (Å²) >= 11 is 0. The standard InChI is InChI=1S/C7H7O4/c8-6(9)4-1-3-2-5(4)7(10)11-3/h3-5H,1-2H2. The van der Waals surface area contributed by atoms with Gasteiger partial charge in [-0.2, -0.15) is 0 Å². The minimum absolute atomic E-state index is 0.157. The highest BCUT2D eigenvalue weighted by molar-refractivity contribution is 5.84. The zero-order chi connectivity index (χ0) is 8.01. The van der Waals surface area contributed by atoms with Gasteiger partial charge in [0.1, 0.15) is 6.10 Å². The van der Waals surface area contributed by atoms with Crippen LogP contribution in [0.4, 0.5) is 0 Å². The van der Waals surface area contributed by atoms with E-state index >= 15 is 0 Å². The third kappa shape index (κ3) is 0.818. The highest BCUT2D eigenvalue weighted by Gasteiger charge is 2.51. The molecule has 1 aliphatic carbocycles. The van der Waals surface area contributed by atoms with E-state index in [4.69, 9.17) is 4.74 Å². The Morgan fingerprint density at radius 1 is 1.45 bits per heavy atom. The van der Waals surface area contributed by atoms with E-state index in [0.29, 0.717) is 12.8 Å². The van der Waals surface area contributed by atoms with Crippen molar-refractivity contribution in [1.29, 1.82) is 0 Å². The van der Waals surface area contributed by atoms with Gasteiger partial charge in [0.2, 0.25) is 0 Å². The molecule has 3 atom stereocenters. The first kappa shape index (κ1) is 6.64. The summed E-state index contributed by atoms with van der Waals surface area (Å²) in [6.07, 6.45) is 0.853. The Morgan fingerprint density at radius 3 is 2.55 bits per heavy atom. The SMILES string of the molecule is [O]C(=O)C1CC2CC1C(=O)O2. The fourth-order valence-corrected chi connectivity index (χ4v) is 1.86. The summed E-state index contributed by atoms with van der Waals surface area (Å²) in [5.41, 5.74) is 0. The van der Waals surface area contributed by atoms with Crippen LogP contribution in [0.5, 0.6) is 0 Å². The summed E-state index contributed by atoms with van der Waals surface area (Å²) in [6.45, 7) is 0. The van der Waals surface area contributed by atoms with E-state index in [1.165, 1.54) is 0 Å². The normalized spacial score (nSPS) is 40.7. The Labute approximate surface area is 63.1 Å². The third-order valence-corrected chi connectivity index (χ3v) is 2.41. The van der Waals surface area contributed by atoms with Crippen LogP contribution >= 0.6 is 0 Å². The summed E-state index contributed by atoms with van der Waals surface area (Å²) < 4.78 is 4.81. The van der Waals surface area contributed by atoms with Crippen molar-refractivity contribution in [2.45, 2.75) is 18.9 Å². The smallest absolute Gasteiger partial charge is 0.359 e.